The van der Waals surface area contributed by atoms with Crippen LogP contribution in [0.1, 0.15) is 52.5 Å². The second-order valence-electron chi connectivity index (χ2n) is 6.19. The number of hydrogen-bond donors (Lipinski definition) is 0. The van der Waals surface area contributed by atoms with Crippen LogP contribution in [0.2, 0.25) is 0 Å². The van der Waals surface area contributed by atoms with Crippen molar-refractivity contribution in [3.63, 3.8) is 0 Å². The van der Waals surface area contributed by atoms with Gasteiger partial charge in [0.15, 0.2) is 0 Å². The van der Waals surface area contributed by atoms with Crippen molar-refractivity contribution in [1.82, 2.24) is 9.80 Å². The zero-order valence-electron chi connectivity index (χ0n) is 14.7. The molecule has 1 rings (SSSR count). The fraction of sp³-hybridized carbons (Fsp3) is 0.632. The highest BCUT2D eigenvalue weighted by atomic mass is 16.2. The van der Waals surface area contributed by atoms with Crippen LogP contribution in [-0.2, 0) is 11.3 Å². The summed E-state index contributed by atoms with van der Waals surface area (Å²) in [6.45, 7) is 12.3. The number of carbonyl (C=O) groups is 1. The first-order valence-electron chi connectivity index (χ1n) is 8.64. The summed E-state index contributed by atoms with van der Waals surface area (Å²) in [5.74, 6) is 0.260. The summed E-state index contributed by atoms with van der Waals surface area (Å²) in [4.78, 5) is 17.0. The molecule has 22 heavy (non-hydrogen) atoms. The van der Waals surface area contributed by atoms with E-state index in [1.165, 1.54) is 5.56 Å². The lowest BCUT2D eigenvalue weighted by Crippen LogP contribution is -2.38. The average Bonchev–Trinajstić information content (AvgIpc) is 2.51. The minimum Gasteiger partial charge on any atom is -0.336 e. The number of carbonyl (C=O) groups excluding carboxylic acids is 1. The monoisotopic (exact) mass is 304 g/mol. The molecule has 1 aromatic carbocycles. The Balaban J connectivity index is 2.57. The molecule has 124 valence electrons. The van der Waals surface area contributed by atoms with Gasteiger partial charge in [0.05, 0.1) is 0 Å². The largest absolute Gasteiger partial charge is 0.336 e. The molecule has 0 radical (unpaired) electrons. The second-order valence-corrected chi connectivity index (χ2v) is 6.19. The lowest BCUT2D eigenvalue weighted by atomic mass is 10.1. The first-order chi connectivity index (χ1) is 10.6. The maximum absolute atomic E-state index is 12.6. The van der Waals surface area contributed by atoms with Crippen LogP contribution in [-0.4, -0.2) is 41.4 Å². The van der Waals surface area contributed by atoms with Crippen LogP contribution in [0.4, 0.5) is 0 Å². The molecule has 0 heterocycles. The minimum atomic E-state index is 0.235. The maximum Gasteiger partial charge on any atom is 0.224 e. The van der Waals surface area contributed by atoms with E-state index in [0.717, 1.165) is 32.5 Å². The molecule has 0 fully saturated rings. The predicted octanol–water partition coefficient (Wildman–Crippen LogP) is 3.94. The Hall–Kier alpha value is -1.35. The maximum atomic E-state index is 12.6. The van der Waals surface area contributed by atoms with Gasteiger partial charge in [-0.1, -0.05) is 44.2 Å². The van der Waals surface area contributed by atoms with Gasteiger partial charge in [0, 0.05) is 25.6 Å². The Morgan fingerprint density at radius 1 is 1.00 bits per heavy atom. The highest BCUT2D eigenvalue weighted by molar-refractivity contribution is 5.76. The Morgan fingerprint density at radius 3 is 2.09 bits per heavy atom. The molecule has 0 saturated carbocycles. The van der Waals surface area contributed by atoms with Crippen LogP contribution in [0.5, 0.6) is 0 Å². The van der Waals surface area contributed by atoms with E-state index < -0.39 is 0 Å². The summed E-state index contributed by atoms with van der Waals surface area (Å²) in [5, 5.41) is 0. The highest BCUT2D eigenvalue weighted by Crippen LogP contribution is 2.10. The van der Waals surface area contributed by atoms with Gasteiger partial charge in [-0.25, -0.2) is 0 Å². The summed E-state index contributed by atoms with van der Waals surface area (Å²) >= 11 is 0. The van der Waals surface area contributed by atoms with Crippen LogP contribution in [0, 0.1) is 0 Å². The molecule has 1 aromatic rings. The minimum absolute atomic E-state index is 0.235. The first kappa shape index (κ1) is 18.7. The quantitative estimate of drug-likeness (QED) is 0.654. The molecule has 0 aliphatic rings. The van der Waals surface area contributed by atoms with Gasteiger partial charge in [0.1, 0.15) is 0 Å². The normalized spacial score (nSPS) is 11.2. The summed E-state index contributed by atoms with van der Waals surface area (Å²) in [7, 11) is 0. The molecule has 0 bridgehead atoms. The molecule has 3 heteroatoms. The van der Waals surface area contributed by atoms with Gasteiger partial charge in [0.25, 0.3) is 0 Å². The summed E-state index contributed by atoms with van der Waals surface area (Å²) < 4.78 is 0. The van der Waals surface area contributed by atoms with Crippen molar-refractivity contribution >= 4 is 5.91 Å². The molecule has 0 aromatic heterocycles. The summed E-state index contributed by atoms with van der Waals surface area (Å²) in [6, 6.07) is 10.5. The van der Waals surface area contributed by atoms with E-state index in [1.54, 1.807) is 0 Å². The van der Waals surface area contributed by atoms with Gasteiger partial charge in [-0.3, -0.25) is 4.79 Å². The van der Waals surface area contributed by atoms with E-state index >= 15 is 0 Å². The van der Waals surface area contributed by atoms with Crippen molar-refractivity contribution in [3.8, 4) is 0 Å². The van der Waals surface area contributed by atoms with E-state index in [9.17, 15) is 4.79 Å². The molecule has 0 saturated heterocycles. The van der Waals surface area contributed by atoms with E-state index in [1.807, 2.05) is 23.1 Å². The Labute approximate surface area is 136 Å². The molecule has 3 nitrogen and oxygen atoms in total. The molecule has 0 unspecified atom stereocenters. The average molecular weight is 304 g/mol. The summed E-state index contributed by atoms with van der Waals surface area (Å²) in [5.41, 5.74) is 1.20. The molecule has 1 amide bonds. The number of benzene rings is 1. The van der Waals surface area contributed by atoms with E-state index in [2.05, 4.69) is 44.7 Å². The van der Waals surface area contributed by atoms with Gasteiger partial charge in [-0.05, 0) is 45.3 Å². The van der Waals surface area contributed by atoms with Gasteiger partial charge in [-0.2, -0.15) is 0 Å². The third kappa shape index (κ3) is 6.61. The molecule has 0 aliphatic carbocycles. The van der Waals surface area contributed by atoms with Crippen molar-refractivity contribution in [2.24, 2.45) is 0 Å². The zero-order chi connectivity index (χ0) is 16.4. The molecule has 0 spiro atoms. The Morgan fingerprint density at radius 2 is 1.59 bits per heavy atom. The fourth-order valence-corrected chi connectivity index (χ4v) is 2.70. The van der Waals surface area contributed by atoms with Crippen molar-refractivity contribution in [2.75, 3.05) is 19.6 Å². The van der Waals surface area contributed by atoms with E-state index in [4.69, 9.17) is 0 Å². The SMILES string of the molecule is CCCN(CCC)CCC(=O)N(Cc1ccccc1)C(C)C. The molecule has 0 N–H and O–H groups in total. The standard InChI is InChI=1S/C19H32N2O/c1-5-13-20(14-6-2)15-12-19(22)21(17(3)4)16-18-10-8-7-9-11-18/h7-11,17H,5-6,12-16H2,1-4H3. The third-order valence-electron chi connectivity index (χ3n) is 3.86. The lowest BCUT2D eigenvalue weighted by molar-refractivity contribution is -0.133. The first-order valence-corrected chi connectivity index (χ1v) is 8.64. The van der Waals surface area contributed by atoms with Crippen molar-refractivity contribution < 1.29 is 4.79 Å². The van der Waals surface area contributed by atoms with Gasteiger partial charge < -0.3 is 9.80 Å². The van der Waals surface area contributed by atoms with E-state index in [-0.39, 0.29) is 11.9 Å². The van der Waals surface area contributed by atoms with Crippen molar-refractivity contribution in [3.05, 3.63) is 35.9 Å². The number of rotatable bonds is 10. The highest BCUT2D eigenvalue weighted by Gasteiger charge is 2.18. The van der Waals surface area contributed by atoms with Crippen LogP contribution in [0.3, 0.4) is 0 Å². The molecule has 0 atom stereocenters. The van der Waals surface area contributed by atoms with E-state index in [0.29, 0.717) is 13.0 Å². The fourth-order valence-electron chi connectivity index (χ4n) is 2.70. The molecule has 0 aliphatic heterocycles. The van der Waals surface area contributed by atoms with Crippen molar-refractivity contribution in [1.29, 1.82) is 0 Å². The molecular formula is C19H32N2O. The zero-order valence-corrected chi connectivity index (χ0v) is 14.7. The Bertz CT molecular complexity index is 411. The predicted molar refractivity (Wildman–Crippen MR) is 93.8 cm³/mol. The van der Waals surface area contributed by atoms with Gasteiger partial charge in [0.2, 0.25) is 5.91 Å². The number of nitrogens with zero attached hydrogens (tertiary/aromatic N) is 2. The Kier molecular flexibility index (Phi) is 8.83. The lowest BCUT2D eigenvalue weighted by Gasteiger charge is -2.28. The van der Waals surface area contributed by atoms with Crippen molar-refractivity contribution in [2.45, 2.75) is 59.5 Å². The topological polar surface area (TPSA) is 23.6 Å². The van der Waals surface area contributed by atoms with Gasteiger partial charge in [-0.15, -0.1) is 0 Å². The number of hydrogen-bond acceptors (Lipinski definition) is 2. The smallest absolute Gasteiger partial charge is 0.224 e. The molecular weight excluding hydrogens is 272 g/mol. The second kappa shape index (κ2) is 10.4. The van der Waals surface area contributed by atoms with Gasteiger partial charge >= 0.3 is 0 Å². The van der Waals surface area contributed by atoms with Crippen LogP contribution >= 0.6 is 0 Å². The van der Waals surface area contributed by atoms with Crippen LogP contribution in [0.15, 0.2) is 30.3 Å². The van der Waals surface area contributed by atoms with Crippen LogP contribution in [0.25, 0.3) is 0 Å². The number of amides is 1. The van der Waals surface area contributed by atoms with Crippen LogP contribution < -0.4 is 0 Å². The summed E-state index contributed by atoms with van der Waals surface area (Å²) in [6.07, 6.45) is 2.91. The third-order valence-corrected chi connectivity index (χ3v) is 3.86.